The van der Waals surface area contributed by atoms with E-state index in [0.717, 1.165) is 74.1 Å². The van der Waals surface area contributed by atoms with Crippen LogP contribution >= 0.6 is 91.0 Å². The Kier molecular flexibility index (Phi) is 45.4. The highest BCUT2D eigenvalue weighted by atomic mass is 127. The van der Waals surface area contributed by atoms with Gasteiger partial charge in [0, 0.05) is 56.6 Å². The van der Waals surface area contributed by atoms with E-state index in [2.05, 4.69) is 145 Å². The van der Waals surface area contributed by atoms with E-state index in [1.165, 1.54) is 16.7 Å². The number of pyridine rings is 6. The number of carbonyl (C=O) groups is 5. The number of aromatic nitrogens is 6. The van der Waals surface area contributed by atoms with Gasteiger partial charge in [0.15, 0.2) is 5.75 Å². The first-order chi connectivity index (χ1) is 68.3. The lowest BCUT2D eigenvalue weighted by atomic mass is 10.1. The predicted molar refractivity (Wildman–Crippen MR) is 559 cm³/mol. The molecule has 35 nitrogen and oxygen atoms in total. The lowest BCUT2D eigenvalue weighted by Gasteiger charge is -2.31. The van der Waals surface area contributed by atoms with E-state index < -0.39 is 16.8 Å². The van der Waals surface area contributed by atoms with Gasteiger partial charge in [-0.1, -0.05) is 155 Å². The lowest BCUT2D eigenvalue weighted by molar-refractivity contribution is -0.193. The molecule has 0 radical (unpaired) electrons. The summed E-state index contributed by atoms with van der Waals surface area (Å²) in [5, 5.41) is 10.1. The van der Waals surface area contributed by atoms with Crippen molar-refractivity contribution < 1.29 is 105 Å². The number of nitrogens with zero attached hydrogens (tertiary/aromatic N) is 10. The zero-order chi connectivity index (χ0) is 104. The maximum absolute atomic E-state index is 12.7. The molecule has 0 atom stereocenters. The number of benzene rings is 6. The standard InChI is InChI=1S/C21H18ClN3O2.C20H16ClN3O2.C19H22N2O3.C14H14N2O.C13H17I2NO3.C12H15IN2O3.4CO2/c1-14-5-7-15(8-6-14)18-9-10-19-20(24-18)27-12-11-25(19)21(26)23-17-4-2-3-16(22)13-17;21-15-7-4-8-16(13-15)22-20(25)24-11-12-26-19-18(24)10-9-17(23-19)14-5-2-1-3-6-14;1-13-5-7-14(8-6-13)15-9-10-16-17(20-15)23-12-11-21(16)18(22)24-19(2,3)4;1-10-2-4-11(5-3-10)12-6-7-13-14(16-12)17-9-8-15-13;1-13(2,3)19-11(17)5-4-8-18-9-6-7-10(14)16-12(9)15;1-12(2,3)18-11(16)15-6-7-17-10-8(15)4-5-9(13)14-10;4*2-1-3/h2-10,13H,11-12H2,1H3,(H,23,26);1-10,13H,11-12H2,(H,22,25);5-10H,11-12H2,1-4H3;2-7,15H,8-9H2,1H3;6-7H,4-5,8H2,1-3H3;4-5H,6-7H2,1-3H3;;;;. The van der Waals surface area contributed by atoms with Crippen LogP contribution in [0.3, 0.4) is 0 Å². The average Bonchev–Trinajstić information content (AvgIpc) is 0.801. The van der Waals surface area contributed by atoms with Crippen LogP contribution < -0.4 is 64.0 Å². The molecule has 40 heteroatoms. The second-order valence-electron chi connectivity index (χ2n) is 33.4. The third kappa shape index (κ3) is 37.9. The monoisotopic (exact) mass is 2320 g/mol. The number of ether oxygens (including phenoxy) is 9. The van der Waals surface area contributed by atoms with Gasteiger partial charge >= 0.3 is 54.8 Å². The van der Waals surface area contributed by atoms with Crippen LogP contribution in [0.15, 0.2) is 224 Å². The van der Waals surface area contributed by atoms with Crippen LogP contribution in [-0.2, 0) is 57.4 Å². The molecule has 17 rings (SSSR count). The highest BCUT2D eigenvalue weighted by Gasteiger charge is 2.33. The fourth-order valence-corrected chi connectivity index (χ4v) is 15.3. The lowest BCUT2D eigenvalue weighted by Crippen LogP contribution is -2.41. The normalized spacial score (nSPS) is 12.3. The van der Waals surface area contributed by atoms with Crippen molar-refractivity contribution in [2.45, 2.75) is 113 Å². The van der Waals surface area contributed by atoms with E-state index in [9.17, 15) is 24.0 Å². The van der Waals surface area contributed by atoms with Gasteiger partial charge in [0.25, 0.3) is 0 Å². The maximum atomic E-state index is 12.7. The van der Waals surface area contributed by atoms with E-state index in [1.807, 2.05) is 228 Å². The number of rotatable bonds is 11. The molecule has 5 aliphatic heterocycles. The summed E-state index contributed by atoms with van der Waals surface area (Å²) in [4.78, 5) is 160. The summed E-state index contributed by atoms with van der Waals surface area (Å²) >= 11 is 18.4. The number of hydrogen-bond donors (Lipinski definition) is 3. The third-order valence-electron chi connectivity index (χ3n) is 19.2. The zero-order valence-electron chi connectivity index (χ0n) is 79.9. The number of anilines is 7. The van der Waals surface area contributed by atoms with Crippen LogP contribution in [0.25, 0.3) is 45.0 Å². The topological polar surface area (TPSA) is 431 Å². The molecular weight excluding hydrogens is 2220 g/mol. The van der Waals surface area contributed by atoms with Gasteiger partial charge in [0.1, 0.15) is 83.7 Å². The fraction of sp³-hybridized carbons (Fsp3) is 0.272. The molecule has 6 amide bonds. The van der Waals surface area contributed by atoms with Gasteiger partial charge in [0.05, 0.1) is 61.2 Å². The van der Waals surface area contributed by atoms with Gasteiger partial charge in [-0.2, -0.15) is 38.4 Å². The van der Waals surface area contributed by atoms with Crippen molar-refractivity contribution in [1.82, 2.24) is 29.9 Å². The van der Waals surface area contributed by atoms with E-state index in [-0.39, 0.29) is 54.8 Å². The molecule has 0 spiro atoms. The number of hydrogen-bond acceptors (Lipinski definition) is 29. The van der Waals surface area contributed by atoms with Gasteiger partial charge < -0.3 is 58.6 Å². The Labute approximate surface area is 876 Å². The van der Waals surface area contributed by atoms with E-state index in [0.29, 0.717) is 152 Å². The Balaban J connectivity index is 0.000000206. The molecule has 3 N–H and O–H groups in total. The quantitative estimate of drug-likeness (QED) is 0.0356. The highest BCUT2D eigenvalue weighted by molar-refractivity contribution is 14.1. The molecule has 746 valence electrons. The summed E-state index contributed by atoms with van der Waals surface area (Å²) < 4.78 is 52.3. The van der Waals surface area contributed by atoms with E-state index >= 15 is 0 Å². The summed E-state index contributed by atoms with van der Waals surface area (Å²) in [5.74, 6) is 3.13. The van der Waals surface area contributed by atoms with Crippen LogP contribution in [0.2, 0.25) is 10.0 Å². The van der Waals surface area contributed by atoms with Gasteiger partial charge in [-0.15, -0.1) is 0 Å². The summed E-state index contributed by atoms with van der Waals surface area (Å²) in [6.45, 7) is 28.3. The first kappa shape index (κ1) is 114. The number of halogens is 5. The van der Waals surface area contributed by atoms with Gasteiger partial charge in [-0.3, -0.25) is 24.4 Å². The number of nitrogens with one attached hydrogen (secondary N) is 3. The summed E-state index contributed by atoms with van der Waals surface area (Å²) in [6, 6.07) is 70.9. The number of amides is 6. The number of aryl methyl sites for hydroxylation is 3. The van der Waals surface area contributed by atoms with Crippen LogP contribution in [0.1, 0.15) is 91.8 Å². The summed E-state index contributed by atoms with van der Waals surface area (Å²) in [5.41, 5.74) is 14.6. The van der Waals surface area contributed by atoms with Crippen molar-refractivity contribution in [3.8, 4) is 80.2 Å². The molecule has 6 aromatic heterocycles. The SMILES string of the molecule is CC(C)(C)OC(=O)CCCOc1ccc(I)nc1I.CC(C)(C)OC(=O)N1CCOc2nc(I)ccc21.Cc1ccc(-c2ccc3c(n2)OCCN3)cc1.Cc1ccc(-c2ccc3c(n2)OCCN3C(=O)Nc2cccc(Cl)c2)cc1.Cc1ccc(-c2ccc3c(n2)OCCN3C(=O)OC(C)(C)C)cc1.O=C(Nc1cccc(Cl)c1)N1CCOc2nc(-c3ccccc3)ccc21.O=C=O.O=C=O.O=C=O.O=C=O. The summed E-state index contributed by atoms with van der Waals surface area (Å²) in [6.07, 6.45) is 1.26. The highest BCUT2D eigenvalue weighted by Crippen LogP contribution is 2.39. The van der Waals surface area contributed by atoms with Crippen molar-refractivity contribution in [1.29, 1.82) is 0 Å². The first-order valence-corrected chi connectivity index (χ1v) is 47.9. The zero-order valence-corrected chi connectivity index (χ0v) is 87.9. The molecule has 0 saturated carbocycles. The molecule has 0 bridgehead atoms. The van der Waals surface area contributed by atoms with Crippen molar-refractivity contribution in [2.24, 2.45) is 0 Å². The second-order valence-corrected chi connectivity index (χ2v) is 37.6. The predicted octanol–water partition coefficient (Wildman–Crippen LogP) is 21.3. The molecule has 143 heavy (non-hydrogen) atoms. The van der Waals surface area contributed by atoms with Crippen LogP contribution in [0, 0.1) is 31.9 Å². The van der Waals surface area contributed by atoms with Crippen molar-refractivity contribution in [3.63, 3.8) is 0 Å². The number of fused-ring (bicyclic) bond motifs is 5. The Bertz CT molecular complexity index is 6390. The Morgan fingerprint density at radius 1 is 0.385 bits per heavy atom. The second kappa shape index (κ2) is 56.9. The maximum Gasteiger partial charge on any atom is 0.415 e. The third-order valence-corrected chi connectivity index (χ3v) is 21.6. The van der Waals surface area contributed by atoms with Crippen molar-refractivity contribution >= 4 is 186 Å². The summed E-state index contributed by atoms with van der Waals surface area (Å²) in [7, 11) is 0. The average molecular weight is 2330 g/mol. The smallest absolute Gasteiger partial charge is 0.415 e. The molecule has 5 aliphatic rings. The van der Waals surface area contributed by atoms with Gasteiger partial charge in [-0.05, 0) is 266 Å². The van der Waals surface area contributed by atoms with Crippen molar-refractivity contribution in [3.05, 3.63) is 262 Å². The molecular formula is C103H102Cl2I3N13O22. The largest absolute Gasteiger partial charge is 0.491 e. The Hall–Kier alpha value is -14.3. The minimum atomic E-state index is -0.537. The fourth-order valence-electron chi connectivity index (χ4n) is 13.1. The molecule has 0 aliphatic carbocycles. The van der Waals surface area contributed by atoms with Crippen LogP contribution in [0.4, 0.5) is 59.0 Å². The van der Waals surface area contributed by atoms with Gasteiger partial charge in [-0.25, -0.2) is 49.1 Å². The van der Waals surface area contributed by atoms with Crippen LogP contribution in [-0.4, -0.2) is 174 Å². The number of urea groups is 2. The van der Waals surface area contributed by atoms with E-state index in [1.54, 1.807) is 68.1 Å². The molecule has 6 aromatic carbocycles. The molecule has 12 aromatic rings. The van der Waals surface area contributed by atoms with Gasteiger partial charge in [0.2, 0.25) is 29.4 Å². The molecule has 0 saturated heterocycles. The first-order valence-electron chi connectivity index (χ1n) is 44.0. The van der Waals surface area contributed by atoms with E-state index in [4.69, 9.17) is 104 Å². The van der Waals surface area contributed by atoms with Crippen molar-refractivity contribution in [2.75, 3.05) is 108 Å². The number of esters is 1. The minimum Gasteiger partial charge on any atom is -0.491 e. The number of carbonyl (C=O) groups excluding carboxylic acids is 13. The Morgan fingerprint density at radius 3 is 1.10 bits per heavy atom. The molecule has 0 unspecified atom stereocenters. The van der Waals surface area contributed by atoms with Crippen LogP contribution in [0.5, 0.6) is 35.1 Å². The minimum absolute atomic E-state index is 0.188. The molecule has 0 fully saturated rings. The Morgan fingerprint density at radius 2 is 0.720 bits per heavy atom. The molecule has 11 heterocycles.